The summed E-state index contributed by atoms with van der Waals surface area (Å²) in [6, 6.07) is 2.64. The van der Waals surface area contributed by atoms with Crippen LogP contribution < -0.4 is 5.73 Å². The average molecular weight is 274 g/mol. The van der Waals surface area contributed by atoms with Crippen molar-refractivity contribution in [3.63, 3.8) is 0 Å². The monoisotopic (exact) mass is 274 g/mol. The second-order valence-electron chi connectivity index (χ2n) is 3.86. The lowest BCUT2D eigenvalue weighted by Gasteiger charge is -2.09. The van der Waals surface area contributed by atoms with Crippen molar-refractivity contribution in [1.29, 1.82) is 0 Å². The third kappa shape index (κ3) is 2.90. The number of nitrogens with two attached hydrogens (primary N) is 1. The molecule has 8 heteroatoms. The number of nitrogens with zero attached hydrogens (tertiary/aromatic N) is 3. The van der Waals surface area contributed by atoms with Crippen molar-refractivity contribution in [2.45, 2.75) is 12.6 Å². The number of hydrogen-bond acceptors (Lipinski definition) is 3. The number of halogens is 4. The molecule has 1 aromatic heterocycles. The zero-order valence-corrected chi connectivity index (χ0v) is 9.65. The Morgan fingerprint density at radius 1 is 1.26 bits per heavy atom. The predicted octanol–water partition coefficient (Wildman–Crippen LogP) is 1.93. The number of aromatic nitrogens is 3. The highest BCUT2D eigenvalue weighted by molar-refractivity contribution is 5.37. The van der Waals surface area contributed by atoms with Gasteiger partial charge >= 0.3 is 6.18 Å². The minimum atomic E-state index is -4.75. The van der Waals surface area contributed by atoms with Crippen molar-refractivity contribution in [2.24, 2.45) is 5.73 Å². The summed E-state index contributed by atoms with van der Waals surface area (Å²) in [5.41, 5.74) is 4.65. The fourth-order valence-corrected chi connectivity index (χ4v) is 1.56. The Hall–Kier alpha value is -1.96. The van der Waals surface area contributed by atoms with Crippen LogP contribution in [0.15, 0.2) is 24.4 Å². The number of benzene rings is 1. The molecule has 102 valence electrons. The van der Waals surface area contributed by atoms with Gasteiger partial charge in [0, 0.05) is 6.42 Å². The molecule has 2 aromatic rings. The lowest BCUT2D eigenvalue weighted by molar-refractivity contribution is -0.140. The molecular formula is C11H10F4N4. The van der Waals surface area contributed by atoms with E-state index in [2.05, 4.69) is 10.3 Å². The second-order valence-corrected chi connectivity index (χ2v) is 3.86. The highest BCUT2D eigenvalue weighted by atomic mass is 19.4. The van der Waals surface area contributed by atoms with Crippen LogP contribution in [-0.4, -0.2) is 21.5 Å². The summed E-state index contributed by atoms with van der Waals surface area (Å²) in [7, 11) is 0. The van der Waals surface area contributed by atoms with Crippen LogP contribution in [0.1, 0.15) is 11.3 Å². The van der Waals surface area contributed by atoms with Crippen LogP contribution in [0.4, 0.5) is 17.6 Å². The van der Waals surface area contributed by atoms with E-state index in [4.69, 9.17) is 5.73 Å². The summed E-state index contributed by atoms with van der Waals surface area (Å²) in [6.45, 7) is 0.357. The van der Waals surface area contributed by atoms with Gasteiger partial charge in [-0.3, -0.25) is 0 Å². The first-order valence-corrected chi connectivity index (χ1v) is 5.40. The minimum absolute atomic E-state index is 0.0875. The molecule has 0 saturated carbocycles. The van der Waals surface area contributed by atoms with Crippen molar-refractivity contribution in [3.8, 4) is 5.69 Å². The quantitative estimate of drug-likeness (QED) is 0.870. The van der Waals surface area contributed by atoms with E-state index in [0.717, 1.165) is 10.7 Å². The van der Waals surface area contributed by atoms with Gasteiger partial charge < -0.3 is 5.73 Å². The van der Waals surface area contributed by atoms with Crippen LogP contribution in [-0.2, 0) is 12.6 Å². The van der Waals surface area contributed by atoms with Gasteiger partial charge in [0.15, 0.2) is 0 Å². The van der Waals surface area contributed by atoms with Gasteiger partial charge in [-0.2, -0.15) is 13.2 Å². The lowest BCUT2D eigenvalue weighted by Crippen LogP contribution is -2.09. The first kappa shape index (κ1) is 13.5. The Morgan fingerprint density at radius 2 is 2.00 bits per heavy atom. The summed E-state index contributed by atoms with van der Waals surface area (Å²) in [5, 5.41) is 7.43. The van der Waals surface area contributed by atoms with Gasteiger partial charge in [-0.05, 0) is 24.7 Å². The minimum Gasteiger partial charge on any atom is -0.330 e. The van der Waals surface area contributed by atoms with E-state index in [1.54, 1.807) is 0 Å². The highest BCUT2D eigenvalue weighted by Gasteiger charge is 2.34. The SMILES string of the molecule is NCCc1cn(-c2ccc(F)c(C(F)(F)F)c2)nn1. The summed E-state index contributed by atoms with van der Waals surface area (Å²) >= 11 is 0. The molecule has 0 atom stereocenters. The molecular weight excluding hydrogens is 264 g/mol. The van der Waals surface area contributed by atoms with Crippen LogP contribution in [0.5, 0.6) is 0 Å². The van der Waals surface area contributed by atoms with Crippen LogP contribution in [0.3, 0.4) is 0 Å². The molecule has 0 unspecified atom stereocenters. The number of hydrogen-bond donors (Lipinski definition) is 1. The summed E-state index contributed by atoms with van der Waals surface area (Å²) in [6.07, 6.45) is -2.83. The van der Waals surface area contributed by atoms with Gasteiger partial charge in [-0.1, -0.05) is 5.21 Å². The normalized spacial score (nSPS) is 11.8. The van der Waals surface area contributed by atoms with E-state index in [-0.39, 0.29) is 5.69 Å². The molecule has 0 radical (unpaired) electrons. The van der Waals surface area contributed by atoms with E-state index in [0.29, 0.717) is 24.7 Å². The van der Waals surface area contributed by atoms with Crippen LogP contribution >= 0.6 is 0 Å². The van der Waals surface area contributed by atoms with Crippen LogP contribution in [0.25, 0.3) is 5.69 Å². The number of rotatable bonds is 3. The molecule has 4 nitrogen and oxygen atoms in total. The Bertz CT molecular complexity index is 576. The zero-order valence-electron chi connectivity index (χ0n) is 9.65. The van der Waals surface area contributed by atoms with Crippen LogP contribution in [0, 0.1) is 5.82 Å². The van der Waals surface area contributed by atoms with Gasteiger partial charge in [0.05, 0.1) is 23.1 Å². The van der Waals surface area contributed by atoms with Gasteiger partial charge in [-0.15, -0.1) is 5.10 Å². The van der Waals surface area contributed by atoms with Crippen molar-refractivity contribution < 1.29 is 17.6 Å². The molecule has 2 rings (SSSR count). The number of alkyl halides is 3. The standard InChI is InChI=1S/C11H10F4N4/c12-10-2-1-8(5-9(10)11(13,14)15)19-6-7(3-4-16)17-18-19/h1-2,5-6H,3-4,16H2. The molecule has 0 bridgehead atoms. The van der Waals surface area contributed by atoms with E-state index in [9.17, 15) is 17.6 Å². The van der Waals surface area contributed by atoms with E-state index >= 15 is 0 Å². The third-order valence-electron chi connectivity index (χ3n) is 2.46. The molecule has 0 fully saturated rings. The first-order valence-electron chi connectivity index (χ1n) is 5.40. The van der Waals surface area contributed by atoms with Crippen molar-refractivity contribution >= 4 is 0 Å². The summed E-state index contributed by atoms with van der Waals surface area (Å²) < 4.78 is 52.0. The van der Waals surface area contributed by atoms with Crippen molar-refractivity contribution in [1.82, 2.24) is 15.0 Å². The maximum Gasteiger partial charge on any atom is 0.419 e. The molecule has 0 saturated heterocycles. The first-order chi connectivity index (χ1) is 8.91. The summed E-state index contributed by atoms with van der Waals surface area (Å²) in [5.74, 6) is -1.32. The average Bonchev–Trinajstić information content (AvgIpc) is 2.77. The molecule has 2 N–H and O–H groups in total. The van der Waals surface area contributed by atoms with E-state index < -0.39 is 17.6 Å². The maximum absolute atomic E-state index is 13.1. The molecule has 1 heterocycles. The molecule has 0 spiro atoms. The Kier molecular flexibility index (Phi) is 3.52. The fourth-order valence-electron chi connectivity index (χ4n) is 1.56. The topological polar surface area (TPSA) is 56.7 Å². The van der Waals surface area contributed by atoms with Crippen LogP contribution in [0.2, 0.25) is 0 Å². The van der Waals surface area contributed by atoms with E-state index in [1.807, 2.05) is 0 Å². The van der Waals surface area contributed by atoms with Gasteiger partial charge in [0.2, 0.25) is 0 Å². The smallest absolute Gasteiger partial charge is 0.330 e. The lowest BCUT2D eigenvalue weighted by atomic mass is 10.2. The maximum atomic E-state index is 13.1. The van der Waals surface area contributed by atoms with Gasteiger partial charge in [-0.25, -0.2) is 9.07 Å². The molecule has 0 aliphatic carbocycles. The molecule has 0 aliphatic heterocycles. The fraction of sp³-hybridized carbons (Fsp3) is 0.273. The predicted molar refractivity (Wildman–Crippen MR) is 59.1 cm³/mol. The zero-order chi connectivity index (χ0) is 14.0. The van der Waals surface area contributed by atoms with Gasteiger partial charge in [0.1, 0.15) is 5.82 Å². The Labute approximate surface area is 105 Å². The van der Waals surface area contributed by atoms with Crippen molar-refractivity contribution in [2.75, 3.05) is 6.54 Å². The molecule has 1 aromatic carbocycles. The third-order valence-corrected chi connectivity index (χ3v) is 2.46. The Balaban J connectivity index is 2.39. The second kappa shape index (κ2) is 4.96. The molecule has 0 aliphatic rings. The van der Waals surface area contributed by atoms with Crippen molar-refractivity contribution in [3.05, 3.63) is 41.5 Å². The molecule has 19 heavy (non-hydrogen) atoms. The van der Waals surface area contributed by atoms with Gasteiger partial charge in [0.25, 0.3) is 0 Å². The molecule has 0 amide bonds. The summed E-state index contributed by atoms with van der Waals surface area (Å²) in [4.78, 5) is 0. The van der Waals surface area contributed by atoms with E-state index in [1.165, 1.54) is 12.3 Å². The Morgan fingerprint density at radius 3 is 2.63 bits per heavy atom. The highest BCUT2D eigenvalue weighted by Crippen LogP contribution is 2.32. The largest absolute Gasteiger partial charge is 0.419 e.